The molecule has 1 aliphatic carbocycles. The predicted molar refractivity (Wildman–Crippen MR) is 63.5 cm³/mol. The standard InChI is InChI=1S/C14H16FN/c1-4-14(2,3)16-13-9-8-10-11(13)6-5-7-12(10)15/h1,5-7,13,16H,8-9H2,2-3H3. The van der Waals surface area contributed by atoms with Gasteiger partial charge in [-0.25, -0.2) is 4.39 Å². The normalized spacial score (nSPS) is 19.2. The van der Waals surface area contributed by atoms with Crippen LogP contribution in [0.4, 0.5) is 4.39 Å². The van der Waals surface area contributed by atoms with Crippen molar-refractivity contribution >= 4 is 0 Å². The van der Waals surface area contributed by atoms with E-state index in [9.17, 15) is 4.39 Å². The second-order valence-electron chi connectivity index (χ2n) is 4.81. The molecule has 2 heteroatoms. The molecule has 1 aromatic rings. The molecule has 0 radical (unpaired) electrons. The molecule has 0 saturated carbocycles. The van der Waals surface area contributed by atoms with Gasteiger partial charge in [0.1, 0.15) is 5.82 Å². The Morgan fingerprint density at radius 2 is 2.25 bits per heavy atom. The summed E-state index contributed by atoms with van der Waals surface area (Å²) in [5.41, 5.74) is 1.55. The number of hydrogen-bond donors (Lipinski definition) is 1. The van der Waals surface area contributed by atoms with Crippen LogP contribution >= 0.6 is 0 Å². The number of halogens is 1. The largest absolute Gasteiger partial charge is 0.295 e. The van der Waals surface area contributed by atoms with E-state index >= 15 is 0 Å². The maximum Gasteiger partial charge on any atom is 0.126 e. The van der Waals surface area contributed by atoms with Crippen molar-refractivity contribution in [1.29, 1.82) is 0 Å². The van der Waals surface area contributed by atoms with Crippen molar-refractivity contribution in [1.82, 2.24) is 5.32 Å². The highest BCUT2D eigenvalue weighted by atomic mass is 19.1. The Morgan fingerprint density at radius 3 is 2.94 bits per heavy atom. The predicted octanol–water partition coefficient (Wildman–Crippen LogP) is 2.81. The first-order valence-corrected chi connectivity index (χ1v) is 5.56. The zero-order valence-electron chi connectivity index (χ0n) is 9.68. The van der Waals surface area contributed by atoms with Crippen LogP contribution in [0, 0.1) is 18.2 Å². The number of terminal acetylenes is 1. The van der Waals surface area contributed by atoms with Crippen LogP contribution in [0.1, 0.15) is 37.4 Å². The molecule has 0 amide bonds. The van der Waals surface area contributed by atoms with Crippen molar-refractivity contribution in [3.05, 3.63) is 35.1 Å². The van der Waals surface area contributed by atoms with Gasteiger partial charge in [-0.15, -0.1) is 6.42 Å². The van der Waals surface area contributed by atoms with Crippen LogP contribution in [0.3, 0.4) is 0 Å². The first kappa shape index (κ1) is 11.2. The first-order valence-electron chi connectivity index (χ1n) is 5.56. The Balaban J connectivity index is 2.25. The van der Waals surface area contributed by atoms with Crippen LogP contribution in [0.5, 0.6) is 0 Å². The molecule has 16 heavy (non-hydrogen) atoms. The van der Waals surface area contributed by atoms with Gasteiger partial charge in [-0.2, -0.15) is 0 Å². The lowest BCUT2D eigenvalue weighted by atomic mass is 10.0. The summed E-state index contributed by atoms with van der Waals surface area (Å²) in [6.07, 6.45) is 7.16. The minimum absolute atomic E-state index is 0.0969. The summed E-state index contributed by atoms with van der Waals surface area (Å²) in [5.74, 6) is 2.61. The van der Waals surface area contributed by atoms with Gasteiger partial charge in [0.25, 0.3) is 0 Å². The highest BCUT2D eigenvalue weighted by molar-refractivity contribution is 5.36. The van der Waals surface area contributed by atoms with E-state index in [2.05, 4.69) is 11.2 Å². The lowest BCUT2D eigenvalue weighted by molar-refractivity contribution is 0.410. The van der Waals surface area contributed by atoms with Crippen LogP contribution in [0.15, 0.2) is 18.2 Å². The van der Waals surface area contributed by atoms with Crippen molar-refractivity contribution in [3.8, 4) is 12.3 Å². The summed E-state index contributed by atoms with van der Waals surface area (Å²) in [5, 5.41) is 3.39. The molecule has 0 heterocycles. The average molecular weight is 217 g/mol. The van der Waals surface area contributed by atoms with E-state index in [0.717, 1.165) is 24.0 Å². The fourth-order valence-electron chi connectivity index (χ4n) is 2.24. The number of nitrogens with one attached hydrogen (secondary N) is 1. The van der Waals surface area contributed by atoms with Crippen LogP contribution < -0.4 is 5.32 Å². The summed E-state index contributed by atoms with van der Waals surface area (Å²) in [6, 6.07) is 5.44. The van der Waals surface area contributed by atoms with E-state index in [4.69, 9.17) is 6.42 Å². The second kappa shape index (κ2) is 3.92. The fourth-order valence-corrected chi connectivity index (χ4v) is 2.24. The third kappa shape index (κ3) is 1.96. The Hall–Kier alpha value is -1.33. The van der Waals surface area contributed by atoms with Crippen molar-refractivity contribution in [2.24, 2.45) is 0 Å². The fraction of sp³-hybridized carbons (Fsp3) is 0.429. The van der Waals surface area contributed by atoms with Gasteiger partial charge in [-0.05, 0) is 43.9 Å². The Morgan fingerprint density at radius 1 is 1.50 bits per heavy atom. The minimum atomic E-state index is -0.349. The number of hydrogen-bond acceptors (Lipinski definition) is 1. The zero-order chi connectivity index (χ0) is 11.8. The van der Waals surface area contributed by atoms with E-state index in [1.54, 1.807) is 6.07 Å². The second-order valence-corrected chi connectivity index (χ2v) is 4.81. The molecule has 2 rings (SSSR count). The first-order chi connectivity index (χ1) is 7.53. The molecule has 0 bridgehead atoms. The smallest absolute Gasteiger partial charge is 0.126 e. The van der Waals surface area contributed by atoms with E-state index in [-0.39, 0.29) is 17.4 Å². The number of fused-ring (bicyclic) bond motifs is 1. The van der Waals surface area contributed by atoms with Crippen LogP contribution in [0.2, 0.25) is 0 Å². The van der Waals surface area contributed by atoms with Gasteiger partial charge in [-0.3, -0.25) is 5.32 Å². The summed E-state index contributed by atoms with van der Waals surface area (Å²) < 4.78 is 13.5. The third-order valence-corrected chi connectivity index (χ3v) is 3.11. The quantitative estimate of drug-likeness (QED) is 0.751. The van der Waals surface area contributed by atoms with Crippen LogP contribution in [0.25, 0.3) is 0 Å². The number of rotatable bonds is 2. The Labute approximate surface area is 96.1 Å². The molecule has 1 atom stereocenters. The monoisotopic (exact) mass is 217 g/mol. The lowest BCUT2D eigenvalue weighted by Crippen LogP contribution is -2.39. The lowest BCUT2D eigenvalue weighted by Gasteiger charge is -2.25. The van der Waals surface area contributed by atoms with Gasteiger partial charge in [0, 0.05) is 6.04 Å². The topological polar surface area (TPSA) is 12.0 Å². The molecule has 0 fully saturated rings. The van der Waals surface area contributed by atoms with Gasteiger partial charge in [0.15, 0.2) is 0 Å². The van der Waals surface area contributed by atoms with Crippen LogP contribution in [-0.2, 0) is 6.42 Å². The van der Waals surface area contributed by atoms with Crippen molar-refractivity contribution in [2.75, 3.05) is 0 Å². The molecule has 1 unspecified atom stereocenters. The summed E-state index contributed by atoms with van der Waals surface area (Å²) in [4.78, 5) is 0. The summed E-state index contributed by atoms with van der Waals surface area (Å²) in [7, 11) is 0. The maximum atomic E-state index is 13.5. The van der Waals surface area contributed by atoms with Gasteiger partial charge >= 0.3 is 0 Å². The molecule has 0 aliphatic heterocycles. The molecule has 1 nitrogen and oxygen atoms in total. The SMILES string of the molecule is C#CC(C)(C)NC1CCc2c(F)cccc21. The molecular formula is C14H16FN. The van der Waals surface area contributed by atoms with Crippen LogP contribution in [-0.4, -0.2) is 5.54 Å². The van der Waals surface area contributed by atoms with E-state index < -0.39 is 0 Å². The molecule has 0 saturated heterocycles. The molecule has 1 aliphatic rings. The van der Waals surface area contributed by atoms with E-state index in [1.165, 1.54) is 6.07 Å². The highest BCUT2D eigenvalue weighted by Gasteiger charge is 2.28. The maximum absolute atomic E-state index is 13.5. The summed E-state index contributed by atoms with van der Waals surface area (Å²) >= 11 is 0. The molecule has 0 aromatic heterocycles. The number of benzene rings is 1. The molecule has 0 spiro atoms. The molecule has 84 valence electrons. The molecule has 1 N–H and O–H groups in total. The van der Waals surface area contributed by atoms with E-state index in [0.29, 0.717) is 0 Å². The average Bonchev–Trinajstić information content (AvgIpc) is 2.63. The third-order valence-electron chi connectivity index (χ3n) is 3.11. The van der Waals surface area contributed by atoms with Crippen molar-refractivity contribution in [2.45, 2.75) is 38.3 Å². The molecule has 1 aromatic carbocycles. The molecular weight excluding hydrogens is 201 g/mol. The zero-order valence-corrected chi connectivity index (χ0v) is 9.68. The Kier molecular flexibility index (Phi) is 2.73. The van der Waals surface area contributed by atoms with Gasteiger partial charge in [0.05, 0.1) is 5.54 Å². The van der Waals surface area contributed by atoms with Gasteiger partial charge in [-0.1, -0.05) is 18.1 Å². The van der Waals surface area contributed by atoms with Crippen molar-refractivity contribution in [3.63, 3.8) is 0 Å². The highest BCUT2D eigenvalue weighted by Crippen LogP contribution is 2.33. The Bertz CT molecular complexity index is 443. The van der Waals surface area contributed by atoms with E-state index in [1.807, 2.05) is 19.9 Å². The summed E-state index contributed by atoms with van der Waals surface area (Å²) in [6.45, 7) is 3.93. The minimum Gasteiger partial charge on any atom is -0.295 e. The van der Waals surface area contributed by atoms with Crippen molar-refractivity contribution < 1.29 is 4.39 Å². The van der Waals surface area contributed by atoms with Gasteiger partial charge < -0.3 is 0 Å². The van der Waals surface area contributed by atoms with Gasteiger partial charge in [0.2, 0.25) is 0 Å².